The summed E-state index contributed by atoms with van der Waals surface area (Å²) in [5, 5.41) is 9.22. The first-order valence-corrected chi connectivity index (χ1v) is 3.64. The maximum Gasteiger partial charge on any atom is 0.0466 e. The molecule has 0 saturated carbocycles. The molecule has 0 spiro atoms. The lowest BCUT2D eigenvalue weighted by Crippen LogP contribution is -2.12. The molecule has 0 aromatic heterocycles. The van der Waals surface area contributed by atoms with Crippen molar-refractivity contribution in [1.29, 1.82) is 0 Å². The van der Waals surface area contributed by atoms with E-state index in [1.165, 1.54) is 0 Å². The Morgan fingerprint density at radius 3 is 2.60 bits per heavy atom. The molecule has 0 aromatic carbocycles. The number of aliphatic hydroxyl groups excluding tert-OH is 1. The lowest BCUT2D eigenvalue weighted by atomic mass is 10.4. The van der Waals surface area contributed by atoms with Gasteiger partial charge in [-0.05, 0) is 20.5 Å². The largest absolute Gasteiger partial charge is 0.396 e. The summed E-state index contributed by atoms with van der Waals surface area (Å²) in [6.07, 6.45) is 2.48. The molecule has 0 radical (unpaired) electrons. The predicted octanol–water partition coefficient (Wildman–Crippen LogP) is 1.05. The van der Waals surface area contributed by atoms with Crippen LogP contribution in [0.15, 0.2) is 11.1 Å². The summed E-state index contributed by atoms with van der Waals surface area (Å²) in [5.41, 5.74) is 0. The van der Waals surface area contributed by atoms with Gasteiger partial charge in [0.1, 0.15) is 0 Å². The smallest absolute Gasteiger partial charge is 0.0466 e. The van der Waals surface area contributed by atoms with Crippen LogP contribution in [0.4, 0.5) is 0 Å². The standard InChI is InChI=1S/C7H14ClNO/c1-9(2)6-7(8)4-3-5-10/h4,10H,3,5-6H2,1-2H3/b7-4-. The molecule has 0 aliphatic carbocycles. The fourth-order valence-corrected chi connectivity index (χ4v) is 0.936. The van der Waals surface area contributed by atoms with Crippen LogP contribution in [0.2, 0.25) is 0 Å². The number of likely N-dealkylation sites (N-methyl/N-ethyl adjacent to an activating group) is 1. The second kappa shape index (κ2) is 5.71. The molecule has 0 saturated heterocycles. The minimum atomic E-state index is 0.170. The van der Waals surface area contributed by atoms with Crippen LogP contribution in [0.3, 0.4) is 0 Å². The van der Waals surface area contributed by atoms with Gasteiger partial charge in [-0.1, -0.05) is 17.7 Å². The predicted molar refractivity (Wildman–Crippen MR) is 44.2 cm³/mol. The summed E-state index contributed by atoms with van der Waals surface area (Å²) in [7, 11) is 3.91. The van der Waals surface area contributed by atoms with Gasteiger partial charge in [0.15, 0.2) is 0 Å². The van der Waals surface area contributed by atoms with E-state index in [4.69, 9.17) is 16.7 Å². The molecule has 10 heavy (non-hydrogen) atoms. The van der Waals surface area contributed by atoms with Crippen LogP contribution < -0.4 is 0 Å². The maximum atomic E-state index is 8.43. The van der Waals surface area contributed by atoms with Gasteiger partial charge in [-0.15, -0.1) is 0 Å². The van der Waals surface area contributed by atoms with Crippen molar-refractivity contribution in [2.75, 3.05) is 27.2 Å². The third kappa shape index (κ3) is 6.08. The van der Waals surface area contributed by atoms with Gasteiger partial charge in [0.2, 0.25) is 0 Å². The molecule has 0 aromatic rings. The average molecular weight is 164 g/mol. The maximum absolute atomic E-state index is 8.43. The quantitative estimate of drug-likeness (QED) is 0.670. The van der Waals surface area contributed by atoms with Gasteiger partial charge in [0.05, 0.1) is 0 Å². The number of hydrogen-bond donors (Lipinski definition) is 1. The van der Waals surface area contributed by atoms with Gasteiger partial charge in [-0.2, -0.15) is 0 Å². The molecule has 0 heterocycles. The van der Waals surface area contributed by atoms with Crippen LogP contribution in [0.1, 0.15) is 6.42 Å². The Balaban J connectivity index is 3.49. The summed E-state index contributed by atoms with van der Waals surface area (Å²) in [6, 6.07) is 0. The van der Waals surface area contributed by atoms with Crippen molar-refractivity contribution in [3.63, 3.8) is 0 Å². The van der Waals surface area contributed by atoms with E-state index in [0.717, 1.165) is 11.6 Å². The molecule has 0 aliphatic heterocycles. The number of nitrogens with zero attached hydrogens (tertiary/aromatic N) is 1. The number of hydrogen-bond acceptors (Lipinski definition) is 2. The highest BCUT2D eigenvalue weighted by molar-refractivity contribution is 6.29. The fraction of sp³-hybridized carbons (Fsp3) is 0.714. The highest BCUT2D eigenvalue weighted by Crippen LogP contribution is 2.02. The van der Waals surface area contributed by atoms with Crippen LogP contribution in [-0.4, -0.2) is 37.3 Å². The van der Waals surface area contributed by atoms with Crippen molar-refractivity contribution in [1.82, 2.24) is 4.90 Å². The zero-order valence-electron chi connectivity index (χ0n) is 6.47. The van der Waals surface area contributed by atoms with Crippen molar-refractivity contribution in [2.45, 2.75) is 6.42 Å². The van der Waals surface area contributed by atoms with E-state index in [1.54, 1.807) is 0 Å². The van der Waals surface area contributed by atoms with Crippen molar-refractivity contribution in [2.24, 2.45) is 0 Å². The summed E-state index contributed by atoms with van der Waals surface area (Å²) < 4.78 is 0. The van der Waals surface area contributed by atoms with Gasteiger partial charge in [0, 0.05) is 18.2 Å². The van der Waals surface area contributed by atoms with E-state index in [0.29, 0.717) is 6.42 Å². The lowest BCUT2D eigenvalue weighted by Gasteiger charge is -2.07. The molecule has 0 aliphatic rings. The van der Waals surface area contributed by atoms with Gasteiger partial charge in [-0.25, -0.2) is 0 Å². The second-order valence-electron chi connectivity index (χ2n) is 2.40. The molecular weight excluding hydrogens is 150 g/mol. The summed E-state index contributed by atoms with van der Waals surface area (Å²) >= 11 is 5.76. The molecule has 0 atom stereocenters. The molecular formula is C7H14ClNO. The SMILES string of the molecule is CN(C)C/C(Cl)=C/CCO. The van der Waals surface area contributed by atoms with Crippen molar-refractivity contribution >= 4 is 11.6 Å². The Morgan fingerprint density at radius 1 is 1.60 bits per heavy atom. The van der Waals surface area contributed by atoms with Crippen LogP contribution in [-0.2, 0) is 0 Å². The van der Waals surface area contributed by atoms with E-state index in [-0.39, 0.29) is 6.61 Å². The van der Waals surface area contributed by atoms with Gasteiger partial charge in [-0.3, -0.25) is 0 Å². The third-order valence-electron chi connectivity index (χ3n) is 0.962. The highest BCUT2D eigenvalue weighted by Gasteiger charge is 1.92. The van der Waals surface area contributed by atoms with Gasteiger partial charge in [0.25, 0.3) is 0 Å². The van der Waals surface area contributed by atoms with Crippen molar-refractivity contribution < 1.29 is 5.11 Å². The van der Waals surface area contributed by atoms with Crippen molar-refractivity contribution in [3.8, 4) is 0 Å². The molecule has 1 N–H and O–H groups in total. The van der Waals surface area contributed by atoms with Crippen LogP contribution in [0.5, 0.6) is 0 Å². The molecule has 60 valence electrons. The lowest BCUT2D eigenvalue weighted by molar-refractivity contribution is 0.302. The highest BCUT2D eigenvalue weighted by atomic mass is 35.5. The van der Waals surface area contributed by atoms with E-state index < -0.39 is 0 Å². The van der Waals surface area contributed by atoms with E-state index >= 15 is 0 Å². The Hall–Kier alpha value is -0.0500. The molecule has 3 heteroatoms. The van der Waals surface area contributed by atoms with E-state index in [1.807, 2.05) is 25.1 Å². The molecule has 0 amide bonds. The number of aliphatic hydroxyl groups is 1. The fourth-order valence-electron chi connectivity index (χ4n) is 0.588. The minimum Gasteiger partial charge on any atom is -0.396 e. The van der Waals surface area contributed by atoms with Crippen LogP contribution in [0.25, 0.3) is 0 Å². The molecule has 0 bridgehead atoms. The number of halogens is 1. The zero-order chi connectivity index (χ0) is 7.98. The van der Waals surface area contributed by atoms with Crippen LogP contribution in [0, 0.1) is 0 Å². The average Bonchev–Trinajstić information content (AvgIpc) is 1.82. The first-order valence-electron chi connectivity index (χ1n) is 3.27. The monoisotopic (exact) mass is 163 g/mol. The third-order valence-corrected chi connectivity index (χ3v) is 1.24. The van der Waals surface area contributed by atoms with Crippen molar-refractivity contribution in [3.05, 3.63) is 11.1 Å². The van der Waals surface area contributed by atoms with E-state index in [2.05, 4.69) is 0 Å². The topological polar surface area (TPSA) is 23.5 Å². The molecule has 0 rings (SSSR count). The summed E-state index contributed by atoms with van der Waals surface area (Å²) in [5.74, 6) is 0. The Labute approximate surface area is 67.1 Å². The first-order chi connectivity index (χ1) is 4.66. The first kappa shape index (κ1) is 9.95. The molecule has 2 nitrogen and oxygen atoms in total. The van der Waals surface area contributed by atoms with Gasteiger partial charge >= 0.3 is 0 Å². The Kier molecular flexibility index (Phi) is 5.69. The zero-order valence-corrected chi connectivity index (χ0v) is 7.23. The van der Waals surface area contributed by atoms with E-state index in [9.17, 15) is 0 Å². The second-order valence-corrected chi connectivity index (χ2v) is 2.89. The molecule has 0 unspecified atom stereocenters. The molecule has 0 fully saturated rings. The minimum absolute atomic E-state index is 0.170. The Bertz CT molecular complexity index is 112. The summed E-state index contributed by atoms with van der Waals surface area (Å²) in [6.45, 7) is 0.922. The normalized spacial score (nSPS) is 12.7. The number of rotatable bonds is 4. The summed E-state index contributed by atoms with van der Waals surface area (Å²) in [4.78, 5) is 1.98. The van der Waals surface area contributed by atoms with Crippen LogP contribution >= 0.6 is 11.6 Å². The Morgan fingerprint density at radius 2 is 2.20 bits per heavy atom. The van der Waals surface area contributed by atoms with Gasteiger partial charge < -0.3 is 10.0 Å².